The summed E-state index contributed by atoms with van der Waals surface area (Å²) in [7, 11) is 0. The lowest BCUT2D eigenvalue weighted by molar-refractivity contribution is 0.0952. The molecule has 1 aromatic carbocycles. The molecule has 2 N–H and O–H groups in total. The van der Waals surface area contributed by atoms with Crippen LogP contribution in [0.3, 0.4) is 0 Å². The van der Waals surface area contributed by atoms with E-state index in [4.69, 9.17) is 0 Å². The quantitative estimate of drug-likeness (QED) is 0.847. The van der Waals surface area contributed by atoms with E-state index in [2.05, 4.69) is 29.7 Å². The highest BCUT2D eigenvalue weighted by molar-refractivity contribution is 7.11. The summed E-state index contributed by atoms with van der Waals surface area (Å²) in [6, 6.07) is 10.1. The summed E-state index contributed by atoms with van der Waals surface area (Å²) < 4.78 is 0. The van der Waals surface area contributed by atoms with E-state index in [0.29, 0.717) is 12.1 Å². The van der Waals surface area contributed by atoms with Crippen LogP contribution in [0.25, 0.3) is 0 Å². The fourth-order valence-electron chi connectivity index (χ4n) is 2.16. The lowest BCUT2D eigenvalue weighted by atomic mass is 10.1. The van der Waals surface area contributed by atoms with Gasteiger partial charge in [-0.1, -0.05) is 18.6 Å². The number of anilines is 1. The van der Waals surface area contributed by atoms with Crippen molar-refractivity contribution in [1.82, 2.24) is 5.32 Å². The molecule has 1 heterocycles. The minimum Gasteiger partial charge on any atom is -0.385 e. The molecule has 0 atom stereocenters. The molecule has 21 heavy (non-hydrogen) atoms. The lowest BCUT2D eigenvalue weighted by Gasteiger charge is -2.11. The zero-order chi connectivity index (χ0) is 15.2. The summed E-state index contributed by atoms with van der Waals surface area (Å²) in [6.45, 7) is 7.56. The van der Waals surface area contributed by atoms with Crippen LogP contribution in [0.5, 0.6) is 0 Å². The van der Waals surface area contributed by atoms with Gasteiger partial charge < -0.3 is 10.6 Å². The predicted molar refractivity (Wildman–Crippen MR) is 90.2 cm³/mol. The van der Waals surface area contributed by atoms with Crippen molar-refractivity contribution in [3.05, 3.63) is 51.2 Å². The molecule has 112 valence electrons. The van der Waals surface area contributed by atoms with Crippen molar-refractivity contribution in [1.29, 1.82) is 0 Å². The first-order chi connectivity index (χ1) is 10.1. The van der Waals surface area contributed by atoms with Crippen LogP contribution in [0.1, 0.15) is 39.5 Å². The molecule has 0 bridgehead atoms. The minimum absolute atomic E-state index is 0.0268. The van der Waals surface area contributed by atoms with Gasteiger partial charge in [0, 0.05) is 22.0 Å². The summed E-state index contributed by atoms with van der Waals surface area (Å²) in [5, 5.41) is 6.25. The molecular formula is C17H22N2OS. The molecule has 0 saturated carbocycles. The SMILES string of the molecule is CCNc1ccc(C)cc1C(=O)NCc1ccc(CC)s1. The number of rotatable bonds is 6. The third kappa shape index (κ3) is 4.08. The van der Waals surface area contributed by atoms with Crippen molar-refractivity contribution in [2.24, 2.45) is 0 Å². The molecule has 4 heteroatoms. The Bertz CT molecular complexity index is 619. The van der Waals surface area contributed by atoms with Gasteiger partial charge in [0.1, 0.15) is 0 Å². The number of hydrogen-bond acceptors (Lipinski definition) is 3. The van der Waals surface area contributed by atoms with Gasteiger partial charge >= 0.3 is 0 Å². The highest BCUT2D eigenvalue weighted by Gasteiger charge is 2.11. The minimum atomic E-state index is -0.0268. The zero-order valence-electron chi connectivity index (χ0n) is 12.8. The molecule has 0 unspecified atom stereocenters. The number of amides is 1. The van der Waals surface area contributed by atoms with Gasteiger partial charge in [0.25, 0.3) is 5.91 Å². The van der Waals surface area contributed by atoms with Crippen LogP contribution in [-0.2, 0) is 13.0 Å². The van der Waals surface area contributed by atoms with Gasteiger partial charge in [-0.3, -0.25) is 4.79 Å². The summed E-state index contributed by atoms with van der Waals surface area (Å²) in [4.78, 5) is 14.9. The summed E-state index contributed by atoms with van der Waals surface area (Å²) in [6.07, 6.45) is 1.04. The van der Waals surface area contributed by atoms with Gasteiger partial charge in [0.2, 0.25) is 0 Å². The van der Waals surface area contributed by atoms with E-state index in [9.17, 15) is 4.79 Å². The van der Waals surface area contributed by atoms with Crippen molar-refractivity contribution >= 4 is 22.9 Å². The predicted octanol–water partition coefficient (Wildman–Crippen LogP) is 3.98. The van der Waals surface area contributed by atoms with Gasteiger partial charge in [0.05, 0.1) is 12.1 Å². The van der Waals surface area contributed by atoms with Crippen LogP contribution in [0.15, 0.2) is 30.3 Å². The maximum atomic E-state index is 12.4. The van der Waals surface area contributed by atoms with Gasteiger partial charge in [-0.15, -0.1) is 11.3 Å². The zero-order valence-corrected chi connectivity index (χ0v) is 13.6. The Morgan fingerprint density at radius 2 is 1.90 bits per heavy atom. The molecule has 0 spiro atoms. The Kier molecular flexibility index (Phi) is 5.39. The van der Waals surface area contributed by atoms with Gasteiger partial charge in [-0.25, -0.2) is 0 Å². The van der Waals surface area contributed by atoms with Crippen molar-refractivity contribution in [2.75, 3.05) is 11.9 Å². The molecule has 0 fully saturated rings. The molecule has 3 nitrogen and oxygen atoms in total. The van der Waals surface area contributed by atoms with Gasteiger partial charge in [-0.2, -0.15) is 0 Å². The third-order valence-corrected chi connectivity index (χ3v) is 4.51. The van der Waals surface area contributed by atoms with E-state index < -0.39 is 0 Å². The number of benzene rings is 1. The number of carbonyl (C=O) groups is 1. The average Bonchev–Trinajstić information content (AvgIpc) is 2.95. The molecule has 2 rings (SSSR count). The molecule has 0 radical (unpaired) electrons. The van der Waals surface area contributed by atoms with Crippen LogP contribution in [0.4, 0.5) is 5.69 Å². The van der Waals surface area contributed by atoms with E-state index in [1.165, 1.54) is 9.75 Å². The maximum absolute atomic E-state index is 12.4. The fraction of sp³-hybridized carbons (Fsp3) is 0.353. The summed E-state index contributed by atoms with van der Waals surface area (Å²) in [5.74, 6) is -0.0268. The average molecular weight is 302 g/mol. The van der Waals surface area contributed by atoms with E-state index in [-0.39, 0.29) is 5.91 Å². The molecular weight excluding hydrogens is 280 g/mol. The first-order valence-electron chi connectivity index (χ1n) is 7.34. The first-order valence-corrected chi connectivity index (χ1v) is 8.16. The number of hydrogen-bond donors (Lipinski definition) is 2. The van der Waals surface area contributed by atoms with Crippen LogP contribution >= 0.6 is 11.3 Å². The topological polar surface area (TPSA) is 41.1 Å². The Morgan fingerprint density at radius 1 is 1.14 bits per heavy atom. The molecule has 2 aromatic rings. The second-order valence-corrected chi connectivity index (χ2v) is 6.24. The van der Waals surface area contributed by atoms with Crippen LogP contribution in [0, 0.1) is 6.92 Å². The lowest BCUT2D eigenvalue weighted by Crippen LogP contribution is -2.23. The molecule has 1 amide bonds. The maximum Gasteiger partial charge on any atom is 0.253 e. The highest BCUT2D eigenvalue weighted by atomic mass is 32.1. The van der Waals surface area contributed by atoms with Crippen LogP contribution in [-0.4, -0.2) is 12.5 Å². The smallest absolute Gasteiger partial charge is 0.253 e. The Hall–Kier alpha value is -1.81. The summed E-state index contributed by atoms with van der Waals surface area (Å²) >= 11 is 1.76. The van der Waals surface area contributed by atoms with Crippen molar-refractivity contribution < 1.29 is 4.79 Å². The highest BCUT2D eigenvalue weighted by Crippen LogP contribution is 2.19. The molecule has 0 aliphatic heterocycles. The number of aryl methyl sites for hydroxylation is 2. The standard InChI is InChI=1S/C17H22N2OS/c1-4-13-7-8-14(21-13)11-19-17(20)15-10-12(3)6-9-16(15)18-5-2/h6-10,18H,4-5,11H2,1-3H3,(H,19,20). The first kappa shape index (κ1) is 15.6. The van der Waals surface area contributed by atoms with Crippen LogP contribution < -0.4 is 10.6 Å². The largest absolute Gasteiger partial charge is 0.385 e. The molecule has 1 aromatic heterocycles. The van der Waals surface area contributed by atoms with E-state index in [1.807, 2.05) is 32.0 Å². The van der Waals surface area contributed by atoms with Crippen molar-refractivity contribution in [2.45, 2.75) is 33.7 Å². The molecule has 0 aliphatic carbocycles. The number of nitrogens with one attached hydrogen (secondary N) is 2. The molecule has 0 aliphatic rings. The van der Waals surface area contributed by atoms with E-state index >= 15 is 0 Å². The van der Waals surface area contributed by atoms with E-state index in [1.54, 1.807) is 11.3 Å². The fourth-order valence-corrected chi connectivity index (χ4v) is 3.06. The Labute approximate surface area is 130 Å². The Morgan fingerprint density at radius 3 is 2.57 bits per heavy atom. The Balaban J connectivity index is 2.07. The molecule has 0 saturated heterocycles. The van der Waals surface area contributed by atoms with Gasteiger partial charge in [0.15, 0.2) is 0 Å². The third-order valence-electron chi connectivity index (χ3n) is 3.28. The second-order valence-electron chi connectivity index (χ2n) is 4.98. The number of thiophene rings is 1. The van der Waals surface area contributed by atoms with Crippen LogP contribution in [0.2, 0.25) is 0 Å². The summed E-state index contributed by atoms with van der Waals surface area (Å²) in [5.41, 5.74) is 2.69. The van der Waals surface area contributed by atoms with Gasteiger partial charge in [-0.05, 0) is 44.5 Å². The monoisotopic (exact) mass is 302 g/mol. The van der Waals surface area contributed by atoms with E-state index in [0.717, 1.165) is 24.2 Å². The van der Waals surface area contributed by atoms with Crippen molar-refractivity contribution in [3.8, 4) is 0 Å². The normalized spacial score (nSPS) is 10.4. The number of carbonyl (C=O) groups excluding carboxylic acids is 1. The van der Waals surface area contributed by atoms with Crippen molar-refractivity contribution in [3.63, 3.8) is 0 Å². The second kappa shape index (κ2) is 7.27.